The molecule has 37 heavy (non-hydrogen) atoms. The van der Waals surface area contributed by atoms with Crippen molar-refractivity contribution in [2.75, 3.05) is 26.2 Å². The molecule has 0 spiro atoms. The number of carboxylic acid groups (broad SMARTS) is 1. The maximum absolute atomic E-state index is 13.5. The van der Waals surface area contributed by atoms with Crippen molar-refractivity contribution in [1.82, 2.24) is 14.6 Å². The number of hydrogen-bond acceptors (Lipinski definition) is 6. The molecule has 0 radical (unpaired) electrons. The first-order valence-corrected chi connectivity index (χ1v) is 14.6. The van der Waals surface area contributed by atoms with Gasteiger partial charge in [-0.1, -0.05) is 6.92 Å². The van der Waals surface area contributed by atoms with Crippen molar-refractivity contribution in [3.8, 4) is 0 Å². The zero-order valence-electron chi connectivity index (χ0n) is 21.8. The van der Waals surface area contributed by atoms with Gasteiger partial charge in [-0.2, -0.15) is 4.31 Å². The standard InChI is InChI=1S/C27H37N3O6S/c1-17(2)36-14-4-11-28-26(31)19-9-12-30(13-10-19)37(34,35)20-6-8-24-22(16-20)25(27(32)33)21-15-18(3)5-7-23(21)29-24/h6,8,16-19H,4-5,7,9-15H2,1-3H3,(H,28,31)(H,32,33). The van der Waals surface area contributed by atoms with Crippen molar-refractivity contribution >= 4 is 32.8 Å². The van der Waals surface area contributed by atoms with Crippen LogP contribution < -0.4 is 5.32 Å². The van der Waals surface area contributed by atoms with E-state index in [9.17, 15) is 23.1 Å². The minimum Gasteiger partial charge on any atom is -0.478 e. The third-order valence-corrected chi connectivity index (χ3v) is 9.21. The van der Waals surface area contributed by atoms with Crippen LogP contribution in [-0.2, 0) is 32.4 Å². The fraction of sp³-hybridized carbons (Fsp3) is 0.593. The summed E-state index contributed by atoms with van der Waals surface area (Å²) < 4.78 is 33.8. The first kappa shape index (κ1) is 27.5. The highest BCUT2D eigenvalue weighted by atomic mass is 32.2. The minimum absolute atomic E-state index is 0.0523. The molecule has 1 unspecified atom stereocenters. The van der Waals surface area contributed by atoms with Crippen LogP contribution in [-0.4, -0.2) is 67.0 Å². The number of ether oxygens (including phenoxy) is 1. The molecule has 1 fully saturated rings. The third-order valence-electron chi connectivity index (χ3n) is 7.32. The highest BCUT2D eigenvalue weighted by Gasteiger charge is 2.33. The second-order valence-electron chi connectivity index (χ2n) is 10.5. The molecule has 1 aromatic carbocycles. The third kappa shape index (κ3) is 6.13. The predicted octanol–water partition coefficient (Wildman–Crippen LogP) is 3.39. The Morgan fingerprint density at radius 2 is 1.95 bits per heavy atom. The van der Waals surface area contributed by atoms with E-state index in [-0.39, 0.29) is 41.5 Å². The monoisotopic (exact) mass is 531 g/mol. The number of sulfonamides is 1. The molecule has 1 atom stereocenters. The molecule has 2 aliphatic rings. The van der Waals surface area contributed by atoms with Gasteiger partial charge in [0.1, 0.15) is 0 Å². The van der Waals surface area contributed by atoms with Crippen LogP contribution in [0.4, 0.5) is 0 Å². The molecule has 1 aromatic heterocycles. The second kappa shape index (κ2) is 11.4. The van der Waals surface area contributed by atoms with E-state index in [0.29, 0.717) is 49.2 Å². The van der Waals surface area contributed by atoms with Crippen LogP contribution in [0.2, 0.25) is 0 Å². The Kier molecular flexibility index (Phi) is 8.50. The van der Waals surface area contributed by atoms with Gasteiger partial charge in [0, 0.05) is 43.2 Å². The Morgan fingerprint density at radius 1 is 1.22 bits per heavy atom. The number of carbonyl (C=O) groups is 2. The van der Waals surface area contributed by atoms with E-state index in [1.165, 1.54) is 16.4 Å². The molecule has 4 rings (SSSR count). The quantitative estimate of drug-likeness (QED) is 0.475. The number of rotatable bonds is 9. The topological polar surface area (TPSA) is 126 Å². The minimum atomic E-state index is -3.85. The summed E-state index contributed by atoms with van der Waals surface area (Å²) in [5.74, 6) is -0.993. The summed E-state index contributed by atoms with van der Waals surface area (Å²) in [6, 6.07) is 4.57. The number of fused-ring (bicyclic) bond motifs is 2. The lowest BCUT2D eigenvalue weighted by Gasteiger charge is -2.30. The van der Waals surface area contributed by atoms with Gasteiger partial charge in [0.25, 0.3) is 0 Å². The Bertz CT molecular complexity index is 1270. The number of piperidine rings is 1. The molecule has 10 heteroatoms. The smallest absolute Gasteiger partial charge is 0.336 e. The average Bonchev–Trinajstić information content (AvgIpc) is 2.86. The Balaban J connectivity index is 1.47. The van der Waals surface area contributed by atoms with Crippen molar-refractivity contribution in [2.24, 2.45) is 11.8 Å². The fourth-order valence-corrected chi connectivity index (χ4v) is 6.75. The number of aromatic carboxylic acids is 1. The van der Waals surface area contributed by atoms with Gasteiger partial charge in [-0.25, -0.2) is 13.2 Å². The molecular formula is C27H37N3O6S. The van der Waals surface area contributed by atoms with E-state index in [1.807, 2.05) is 13.8 Å². The largest absolute Gasteiger partial charge is 0.478 e. The molecule has 0 bridgehead atoms. The number of aryl methyl sites for hydroxylation is 1. The molecule has 2 heterocycles. The number of aromatic nitrogens is 1. The van der Waals surface area contributed by atoms with Gasteiger partial charge >= 0.3 is 5.97 Å². The number of nitrogens with one attached hydrogen (secondary N) is 1. The molecule has 1 amide bonds. The lowest BCUT2D eigenvalue weighted by molar-refractivity contribution is -0.126. The second-order valence-corrected chi connectivity index (χ2v) is 12.4. The van der Waals surface area contributed by atoms with Crippen LogP contribution >= 0.6 is 0 Å². The number of nitrogens with zero attached hydrogens (tertiary/aromatic N) is 2. The van der Waals surface area contributed by atoms with E-state index < -0.39 is 16.0 Å². The van der Waals surface area contributed by atoms with E-state index in [4.69, 9.17) is 4.74 Å². The van der Waals surface area contributed by atoms with Crippen molar-refractivity contribution in [2.45, 2.75) is 70.3 Å². The summed E-state index contributed by atoms with van der Waals surface area (Å²) in [4.78, 5) is 29.5. The summed E-state index contributed by atoms with van der Waals surface area (Å²) in [6.45, 7) is 7.61. The van der Waals surface area contributed by atoms with Gasteiger partial charge in [0.05, 0.1) is 22.1 Å². The number of benzene rings is 1. The van der Waals surface area contributed by atoms with Crippen LogP contribution in [0.1, 0.15) is 68.1 Å². The Labute approximate surface area is 218 Å². The van der Waals surface area contributed by atoms with Crippen molar-refractivity contribution in [3.63, 3.8) is 0 Å². The Hall–Kier alpha value is -2.56. The van der Waals surface area contributed by atoms with Crippen LogP contribution in [0.3, 0.4) is 0 Å². The molecule has 2 aromatic rings. The molecule has 1 saturated heterocycles. The van der Waals surface area contributed by atoms with Crippen LogP contribution in [0.5, 0.6) is 0 Å². The van der Waals surface area contributed by atoms with Gasteiger partial charge in [0.2, 0.25) is 15.9 Å². The van der Waals surface area contributed by atoms with Gasteiger partial charge in [-0.05, 0) is 82.1 Å². The van der Waals surface area contributed by atoms with E-state index >= 15 is 0 Å². The van der Waals surface area contributed by atoms with Crippen molar-refractivity contribution < 1.29 is 27.9 Å². The van der Waals surface area contributed by atoms with Crippen LogP contribution in [0.25, 0.3) is 10.9 Å². The molecular weight excluding hydrogens is 494 g/mol. The predicted molar refractivity (Wildman–Crippen MR) is 140 cm³/mol. The van der Waals surface area contributed by atoms with Gasteiger partial charge in [-0.3, -0.25) is 9.78 Å². The van der Waals surface area contributed by atoms with E-state index in [0.717, 1.165) is 30.5 Å². The van der Waals surface area contributed by atoms with Crippen LogP contribution in [0.15, 0.2) is 23.1 Å². The van der Waals surface area contributed by atoms with E-state index in [2.05, 4.69) is 17.2 Å². The number of hydrogen-bond donors (Lipinski definition) is 2. The zero-order valence-corrected chi connectivity index (χ0v) is 22.6. The van der Waals surface area contributed by atoms with E-state index in [1.54, 1.807) is 6.07 Å². The number of carboxylic acids is 1. The van der Waals surface area contributed by atoms with Crippen molar-refractivity contribution in [1.29, 1.82) is 0 Å². The molecule has 9 nitrogen and oxygen atoms in total. The summed E-state index contributed by atoms with van der Waals surface area (Å²) in [5.41, 5.74) is 2.18. The highest BCUT2D eigenvalue weighted by Crippen LogP contribution is 2.33. The lowest BCUT2D eigenvalue weighted by atomic mass is 9.84. The molecule has 1 aliphatic heterocycles. The first-order valence-electron chi connectivity index (χ1n) is 13.2. The fourth-order valence-electron chi connectivity index (χ4n) is 5.25. The maximum atomic E-state index is 13.5. The summed E-state index contributed by atoms with van der Waals surface area (Å²) >= 11 is 0. The summed E-state index contributed by atoms with van der Waals surface area (Å²) in [6.07, 6.45) is 4.07. The molecule has 0 saturated carbocycles. The summed E-state index contributed by atoms with van der Waals surface area (Å²) in [5, 5.41) is 13.3. The van der Waals surface area contributed by atoms with Gasteiger partial charge < -0.3 is 15.2 Å². The van der Waals surface area contributed by atoms with Crippen molar-refractivity contribution in [3.05, 3.63) is 35.0 Å². The number of amides is 1. The first-order chi connectivity index (χ1) is 17.6. The lowest BCUT2D eigenvalue weighted by Crippen LogP contribution is -2.43. The Morgan fingerprint density at radius 3 is 2.62 bits per heavy atom. The highest BCUT2D eigenvalue weighted by molar-refractivity contribution is 7.89. The summed E-state index contributed by atoms with van der Waals surface area (Å²) in [7, 11) is -3.85. The number of carbonyl (C=O) groups excluding carboxylic acids is 1. The van der Waals surface area contributed by atoms with Gasteiger partial charge in [0.15, 0.2) is 0 Å². The number of pyridine rings is 1. The molecule has 2 N–H and O–H groups in total. The normalized spacial score (nSPS) is 19.2. The van der Waals surface area contributed by atoms with Crippen LogP contribution in [0, 0.1) is 11.8 Å². The maximum Gasteiger partial charge on any atom is 0.336 e. The average molecular weight is 532 g/mol. The molecule has 1 aliphatic carbocycles. The zero-order chi connectivity index (χ0) is 26.7. The SMILES string of the molecule is CC1CCc2nc3ccc(S(=O)(=O)N4CCC(C(=O)NCCCOC(C)C)CC4)cc3c(C(=O)O)c2C1. The molecule has 202 valence electrons. The van der Waals surface area contributed by atoms with Gasteiger partial charge in [-0.15, -0.1) is 0 Å².